The van der Waals surface area contributed by atoms with Crippen LogP contribution in [-0.4, -0.2) is 10.9 Å². The van der Waals surface area contributed by atoms with E-state index in [2.05, 4.69) is 17.2 Å². The van der Waals surface area contributed by atoms with Crippen LogP contribution in [0.4, 0.5) is 0 Å². The summed E-state index contributed by atoms with van der Waals surface area (Å²) in [5.74, 6) is -0.0827. The first-order valence-electron chi connectivity index (χ1n) is 7.70. The maximum absolute atomic E-state index is 12.0. The number of amides is 1. The molecular weight excluding hydrogens is 276 g/mol. The van der Waals surface area contributed by atoms with Crippen molar-refractivity contribution in [3.05, 3.63) is 69.6 Å². The third-order valence-corrected chi connectivity index (χ3v) is 3.53. The summed E-state index contributed by atoms with van der Waals surface area (Å²) in [5.41, 5.74) is 2.38. The van der Waals surface area contributed by atoms with Crippen molar-refractivity contribution in [1.82, 2.24) is 10.3 Å². The van der Waals surface area contributed by atoms with E-state index in [0.717, 1.165) is 30.5 Å². The van der Waals surface area contributed by atoms with Gasteiger partial charge < -0.3 is 10.3 Å². The van der Waals surface area contributed by atoms with Gasteiger partial charge in [-0.2, -0.15) is 0 Å². The van der Waals surface area contributed by atoms with Gasteiger partial charge in [0, 0.05) is 17.8 Å². The number of rotatable bonds is 7. The Hall–Kier alpha value is -2.36. The number of hydrogen-bond acceptors (Lipinski definition) is 2. The summed E-state index contributed by atoms with van der Waals surface area (Å²) in [7, 11) is 0. The Morgan fingerprint density at radius 3 is 2.59 bits per heavy atom. The Balaban J connectivity index is 1.88. The van der Waals surface area contributed by atoms with Crippen LogP contribution in [0.15, 0.2) is 47.3 Å². The minimum atomic E-state index is -0.117. The smallest absolute Gasteiger partial charge is 0.253 e. The van der Waals surface area contributed by atoms with E-state index in [4.69, 9.17) is 0 Å². The molecule has 0 bridgehead atoms. The molecule has 22 heavy (non-hydrogen) atoms. The Morgan fingerprint density at radius 1 is 1.14 bits per heavy atom. The van der Waals surface area contributed by atoms with Crippen molar-refractivity contribution in [3.63, 3.8) is 0 Å². The molecule has 0 aliphatic carbocycles. The molecule has 1 heterocycles. The van der Waals surface area contributed by atoms with Crippen LogP contribution >= 0.6 is 0 Å². The molecule has 0 saturated heterocycles. The van der Waals surface area contributed by atoms with Gasteiger partial charge in [0.1, 0.15) is 0 Å². The molecule has 0 aliphatic rings. The Kier molecular flexibility index (Phi) is 5.95. The summed E-state index contributed by atoms with van der Waals surface area (Å²) < 4.78 is 0. The highest BCUT2D eigenvalue weighted by molar-refractivity contribution is 5.78. The van der Waals surface area contributed by atoms with E-state index in [0.29, 0.717) is 12.0 Å². The maximum Gasteiger partial charge on any atom is 0.253 e. The third kappa shape index (κ3) is 4.88. The molecule has 2 rings (SSSR count). The first-order chi connectivity index (χ1) is 10.7. The number of aromatic nitrogens is 1. The minimum absolute atomic E-state index is 0.0827. The number of hydrogen-bond donors (Lipinski definition) is 2. The standard InChI is InChI=1S/C18H22N2O2/c1-2-3-9-16-11-10-15(18(22)20-16)13-19-17(21)12-14-7-5-4-6-8-14/h4-8,10-11H,2-3,9,12-13H2,1H3,(H,19,21)(H,20,22). The normalized spacial score (nSPS) is 10.4. The Labute approximate surface area is 130 Å². The van der Waals surface area contributed by atoms with E-state index in [-0.39, 0.29) is 18.0 Å². The quantitative estimate of drug-likeness (QED) is 0.825. The predicted octanol–water partition coefficient (Wildman–Crippen LogP) is 2.58. The molecule has 0 atom stereocenters. The SMILES string of the molecule is CCCCc1ccc(CNC(=O)Cc2ccccc2)c(=O)[nH]1. The molecule has 116 valence electrons. The number of aryl methyl sites for hydroxylation is 1. The highest BCUT2D eigenvalue weighted by atomic mass is 16.1. The molecule has 0 saturated carbocycles. The van der Waals surface area contributed by atoms with E-state index in [1.165, 1.54) is 0 Å². The second-order valence-corrected chi connectivity index (χ2v) is 5.38. The lowest BCUT2D eigenvalue weighted by Gasteiger charge is -2.06. The first kappa shape index (κ1) is 16.0. The van der Waals surface area contributed by atoms with E-state index in [1.54, 1.807) is 6.07 Å². The van der Waals surface area contributed by atoms with E-state index < -0.39 is 0 Å². The van der Waals surface area contributed by atoms with Gasteiger partial charge in [-0.05, 0) is 24.5 Å². The summed E-state index contributed by atoms with van der Waals surface area (Å²) in [6, 6.07) is 13.3. The summed E-state index contributed by atoms with van der Waals surface area (Å²) in [6.45, 7) is 2.38. The fourth-order valence-corrected chi connectivity index (χ4v) is 2.23. The van der Waals surface area contributed by atoms with Gasteiger partial charge in [0.25, 0.3) is 5.56 Å². The number of benzene rings is 1. The van der Waals surface area contributed by atoms with Crippen molar-refractivity contribution in [3.8, 4) is 0 Å². The molecule has 2 N–H and O–H groups in total. The summed E-state index contributed by atoms with van der Waals surface area (Å²) in [6.07, 6.45) is 3.36. The largest absolute Gasteiger partial charge is 0.352 e. The van der Waals surface area contributed by atoms with Crippen LogP contribution in [0.5, 0.6) is 0 Å². The molecule has 2 aromatic rings. The van der Waals surface area contributed by atoms with Crippen LogP contribution in [0.3, 0.4) is 0 Å². The van der Waals surface area contributed by atoms with E-state index in [9.17, 15) is 9.59 Å². The number of pyridine rings is 1. The maximum atomic E-state index is 12.0. The van der Waals surface area contributed by atoms with Crippen molar-refractivity contribution in [2.75, 3.05) is 0 Å². The monoisotopic (exact) mass is 298 g/mol. The van der Waals surface area contributed by atoms with Crippen LogP contribution in [-0.2, 0) is 24.2 Å². The van der Waals surface area contributed by atoms with Gasteiger partial charge in [-0.25, -0.2) is 0 Å². The average Bonchev–Trinajstić information content (AvgIpc) is 2.53. The summed E-state index contributed by atoms with van der Waals surface area (Å²) >= 11 is 0. The van der Waals surface area contributed by atoms with Crippen LogP contribution in [0.2, 0.25) is 0 Å². The second-order valence-electron chi connectivity index (χ2n) is 5.38. The number of unbranched alkanes of at least 4 members (excludes halogenated alkanes) is 1. The molecule has 0 aliphatic heterocycles. The Bertz CT molecular complexity index is 662. The second kappa shape index (κ2) is 8.17. The topological polar surface area (TPSA) is 62.0 Å². The van der Waals surface area contributed by atoms with E-state index >= 15 is 0 Å². The number of carbonyl (C=O) groups is 1. The molecule has 4 heteroatoms. The zero-order valence-electron chi connectivity index (χ0n) is 12.9. The van der Waals surface area contributed by atoms with Gasteiger partial charge >= 0.3 is 0 Å². The lowest BCUT2D eigenvalue weighted by atomic mass is 10.1. The first-order valence-corrected chi connectivity index (χ1v) is 7.70. The molecule has 1 aromatic heterocycles. The fourth-order valence-electron chi connectivity index (χ4n) is 2.23. The third-order valence-electron chi connectivity index (χ3n) is 3.53. The van der Waals surface area contributed by atoms with Crippen molar-refractivity contribution in [2.24, 2.45) is 0 Å². The van der Waals surface area contributed by atoms with Gasteiger partial charge in [-0.1, -0.05) is 49.7 Å². The van der Waals surface area contributed by atoms with Crippen molar-refractivity contribution in [2.45, 2.75) is 39.2 Å². The molecule has 0 radical (unpaired) electrons. The average molecular weight is 298 g/mol. The zero-order chi connectivity index (χ0) is 15.8. The molecule has 4 nitrogen and oxygen atoms in total. The molecular formula is C18H22N2O2. The number of aromatic amines is 1. The van der Waals surface area contributed by atoms with Gasteiger partial charge in [-0.15, -0.1) is 0 Å². The van der Waals surface area contributed by atoms with Crippen LogP contribution in [0.25, 0.3) is 0 Å². The number of carbonyl (C=O) groups excluding carboxylic acids is 1. The molecule has 0 spiro atoms. The zero-order valence-corrected chi connectivity index (χ0v) is 12.9. The number of H-pyrrole nitrogens is 1. The highest BCUT2D eigenvalue weighted by Gasteiger charge is 2.05. The predicted molar refractivity (Wildman–Crippen MR) is 87.7 cm³/mol. The van der Waals surface area contributed by atoms with Gasteiger partial charge in [-0.3, -0.25) is 9.59 Å². The molecule has 0 unspecified atom stereocenters. The van der Waals surface area contributed by atoms with Gasteiger partial charge in [0.15, 0.2) is 0 Å². The molecule has 0 fully saturated rings. The van der Waals surface area contributed by atoms with Gasteiger partial charge in [0.05, 0.1) is 6.42 Å². The van der Waals surface area contributed by atoms with E-state index in [1.807, 2.05) is 36.4 Å². The molecule has 1 aromatic carbocycles. The van der Waals surface area contributed by atoms with Crippen molar-refractivity contribution >= 4 is 5.91 Å². The van der Waals surface area contributed by atoms with Crippen LogP contribution < -0.4 is 10.9 Å². The van der Waals surface area contributed by atoms with Crippen LogP contribution in [0.1, 0.15) is 36.6 Å². The van der Waals surface area contributed by atoms with Crippen molar-refractivity contribution < 1.29 is 4.79 Å². The molecule has 1 amide bonds. The van der Waals surface area contributed by atoms with Crippen molar-refractivity contribution in [1.29, 1.82) is 0 Å². The highest BCUT2D eigenvalue weighted by Crippen LogP contribution is 2.02. The van der Waals surface area contributed by atoms with Crippen LogP contribution in [0, 0.1) is 0 Å². The van der Waals surface area contributed by atoms with Gasteiger partial charge in [0.2, 0.25) is 5.91 Å². The fraction of sp³-hybridized carbons (Fsp3) is 0.333. The Morgan fingerprint density at radius 2 is 1.91 bits per heavy atom. The lowest BCUT2D eigenvalue weighted by molar-refractivity contribution is -0.120. The lowest BCUT2D eigenvalue weighted by Crippen LogP contribution is -2.28. The number of nitrogens with one attached hydrogen (secondary N) is 2. The summed E-state index contributed by atoms with van der Waals surface area (Å²) in [5, 5.41) is 2.79. The summed E-state index contributed by atoms with van der Waals surface area (Å²) in [4.78, 5) is 26.7. The minimum Gasteiger partial charge on any atom is -0.352 e.